The monoisotopic (exact) mass is 304 g/mol. The van der Waals surface area contributed by atoms with Crippen LogP contribution in [0.25, 0.3) is 0 Å². The number of aromatic nitrogens is 1. The molecule has 1 aromatic heterocycles. The molecule has 112 valence electrons. The summed E-state index contributed by atoms with van der Waals surface area (Å²) in [5, 5.41) is 2.35. The van der Waals surface area contributed by atoms with Gasteiger partial charge in [0.2, 0.25) is 0 Å². The number of amides is 1. The van der Waals surface area contributed by atoms with Crippen LogP contribution in [0.3, 0.4) is 0 Å². The van der Waals surface area contributed by atoms with Crippen molar-refractivity contribution in [3.63, 3.8) is 0 Å². The van der Waals surface area contributed by atoms with Crippen LogP contribution in [-0.2, 0) is 0 Å². The van der Waals surface area contributed by atoms with E-state index in [-0.39, 0.29) is 12.4 Å². The van der Waals surface area contributed by atoms with Crippen molar-refractivity contribution in [2.45, 2.75) is 6.04 Å². The second kappa shape index (κ2) is 5.51. The Labute approximate surface area is 123 Å². The van der Waals surface area contributed by atoms with E-state index in [9.17, 15) is 18.4 Å². The highest BCUT2D eigenvalue weighted by Gasteiger charge is 2.30. The highest BCUT2D eigenvalue weighted by molar-refractivity contribution is 6.06. The summed E-state index contributed by atoms with van der Waals surface area (Å²) in [6, 6.07) is 6.22. The minimum Gasteiger partial charge on any atom is -0.490 e. The van der Waals surface area contributed by atoms with E-state index in [2.05, 4.69) is 10.3 Å². The molecular formula is C15H10F2N2O3. The minimum atomic E-state index is -1.10. The fourth-order valence-electron chi connectivity index (χ4n) is 2.15. The van der Waals surface area contributed by atoms with Crippen molar-refractivity contribution in [3.05, 3.63) is 59.4 Å². The van der Waals surface area contributed by atoms with E-state index >= 15 is 0 Å². The largest absolute Gasteiger partial charge is 0.490 e. The highest BCUT2D eigenvalue weighted by atomic mass is 19.1. The molecule has 2 heterocycles. The zero-order chi connectivity index (χ0) is 15.7. The van der Waals surface area contributed by atoms with Crippen molar-refractivity contribution >= 4 is 11.7 Å². The number of hydrogen-bond acceptors (Lipinski definition) is 4. The van der Waals surface area contributed by atoms with Crippen LogP contribution < -0.4 is 10.1 Å². The van der Waals surface area contributed by atoms with Crippen molar-refractivity contribution in [1.29, 1.82) is 0 Å². The van der Waals surface area contributed by atoms with Crippen LogP contribution in [-0.4, -0.2) is 29.3 Å². The van der Waals surface area contributed by atoms with Crippen molar-refractivity contribution < 1.29 is 23.1 Å². The molecule has 0 unspecified atom stereocenters. The maximum atomic E-state index is 13.5. The van der Waals surface area contributed by atoms with Crippen molar-refractivity contribution in [2.75, 3.05) is 6.61 Å². The van der Waals surface area contributed by atoms with Gasteiger partial charge in [-0.3, -0.25) is 9.59 Å². The number of fused-ring (bicyclic) bond motifs is 1. The zero-order valence-electron chi connectivity index (χ0n) is 11.2. The summed E-state index contributed by atoms with van der Waals surface area (Å²) in [6.45, 7) is -0.0651. The molecule has 5 nitrogen and oxygen atoms in total. The molecule has 0 bridgehead atoms. The Morgan fingerprint density at radius 1 is 1.32 bits per heavy atom. The predicted octanol–water partition coefficient (Wildman–Crippen LogP) is 1.73. The first kappa shape index (κ1) is 14.1. The average Bonchev–Trinajstić information content (AvgIpc) is 2.50. The topological polar surface area (TPSA) is 68.3 Å². The number of nitrogens with one attached hydrogen (secondary N) is 1. The molecule has 0 spiro atoms. The van der Waals surface area contributed by atoms with Gasteiger partial charge < -0.3 is 10.1 Å². The zero-order valence-corrected chi connectivity index (χ0v) is 11.2. The standard InChI is InChI=1S/C15H10F2N2O3/c16-8-5-10(17)13(18-6-8)15(21)19-11-7-22-12-4-2-1-3-9(12)14(11)20/h1-6,11H,7H2,(H,19,21)/t11-/m1/s1. The molecule has 2 aromatic rings. The fourth-order valence-corrected chi connectivity index (χ4v) is 2.15. The SMILES string of the molecule is O=C(N[C@@H]1COc2ccccc2C1=O)c1ncc(F)cc1F. The molecule has 0 saturated heterocycles. The maximum Gasteiger partial charge on any atom is 0.273 e. The number of carbonyl (C=O) groups excluding carboxylic acids is 2. The van der Waals surface area contributed by atoms with Crippen LogP contribution in [0.4, 0.5) is 8.78 Å². The number of hydrogen-bond donors (Lipinski definition) is 1. The molecule has 1 aliphatic heterocycles. The number of carbonyl (C=O) groups is 2. The lowest BCUT2D eigenvalue weighted by Gasteiger charge is -2.24. The van der Waals surface area contributed by atoms with Gasteiger partial charge in [0.05, 0.1) is 11.8 Å². The van der Waals surface area contributed by atoms with Gasteiger partial charge in [-0.1, -0.05) is 12.1 Å². The highest BCUT2D eigenvalue weighted by Crippen LogP contribution is 2.24. The normalized spacial score (nSPS) is 16.6. The number of benzene rings is 1. The van der Waals surface area contributed by atoms with Crippen molar-refractivity contribution in [3.8, 4) is 5.75 Å². The third-order valence-corrected chi connectivity index (χ3v) is 3.20. The first-order chi connectivity index (χ1) is 10.6. The third kappa shape index (κ3) is 2.52. The summed E-state index contributed by atoms with van der Waals surface area (Å²) in [7, 11) is 0. The molecule has 0 aliphatic carbocycles. The molecule has 3 rings (SSSR count). The van der Waals surface area contributed by atoms with Crippen LogP contribution in [0.5, 0.6) is 5.75 Å². The van der Waals surface area contributed by atoms with Gasteiger partial charge >= 0.3 is 0 Å². The van der Waals surface area contributed by atoms with E-state index in [4.69, 9.17) is 4.74 Å². The van der Waals surface area contributed by atoms with E-state index < -0.39 is 29.3 Å². The molecule has 1 aromatic carbocycles. The Balaban J connectivity index is 1.79. The first-order valence-corrected chi connectivity index (χ1v) is 6.44. The quantitative estimate of drug-likeness (QED) is 0.917. The number of rotatable bonds is 2. The Morgan fingerprint density at radius 3 is 2.86 bits per heavy atom. The number of ether oxygens (including phenoxy) is 1. The van der Waals surface area contributed by atoms with Crippen LogP contribution >= 0.6 is 0 Å². The lowest BCUT2D eigenvalue weighted by atomic mass is 10.0. The fraction of sp³-hybridized carbons (Fsp3) is 0.133. The second-order valence-corrected chi connectivity index (χ2v) is 4.68. The predicted molar refractivity (Wildman–Crippen MR) is 71.7 cm³/mol. The van der Waals surface area contributed by atoms with Crippen LogP contribution in [0.2, 0.25) is 0 Å². The molecule has 1 N–H and O–H groups in total. The molecular weight excluding hydrogens is 294 g/mol. The summed E-state index contributed by atoms with van der Waals surface area (Å²) in [5.74, 6) is -2.79. The number of Topliss-reactive ketones (excluding diaryl/α,β-unsaturated/α-hetero) is 1. The van der Waals surface area contributed by atoms with Crippen LogP contribution in [0.15, 0.2) is 36.5 Å². The van der Waals surface area contributed by atoms with E-state index in [0.717, 1.165) is 6.20 Å². The molecule has 1 atom stereocenters. The Hall–Kier alpha value is -2.83. The Kier molecular flexibility index (Phi) is 3.54. The van der Waals surface area contributed by atoms with Gasteiger partial charge in [-0.25, -0.2) is 13.8 Å². The third-order valence-electron chi connectivity index (χ3n) is 3.20. The molecule has 22 heavy (non-hydrogen) atoms. The lowest BCUT2D eigenvalue weighted by molar-refractivity contribution is 0.0790. The summed E-state index contributed by atoms with van der Waals surface area (Å²) in [4.78, 5) is 27.6. The number of ketones is 1. The number of nitrogens with zero attached hydrogens (tertiary/aromatic N) is 1. The summed E-state index contributed by atoms with van der Waals surface area (Å²) >= 11 is 0. The van der Waals surface area contributed by atoms with Crippen molar-refractivity contribution in [1.82, 2.24) is 10.3 Å². The molecule has 7 heteroatoms. The summed E-state index contributed by atoms with van der Waals surface area (Å²) in [5.41, 5.74) is -0.236. The van der Waals surface area contributed by atoms with Gasteiger partial charge in [0.25, 0.3) is 5.91 Å². The van der Waals surface area contributed by atoms with Gasteiger partial charge in [0.1, 0.15) is 24.2 Å². The van der Waals surface area contributed by atoms with Gasteiger partial charge in [-0.15, -0.1) is 0 Å². The first-order valence-electron chi connectivity index (χ1n) is 6.44. The van der Waals surface area contributed by atoms with Gasteiger partial charge in [-0.05, 0) is 12.1 Å². The van der Waals surface area contributed by atoms with Gasteiger partial charge in [0, 0.05) is 6.07 Å². The summed E-state index contributed by atoms with van der Waals surface area (Å²) in [6.07, 6.45) is 0.729. The maximum absolute atomic E-state index is 13.5. The number of halogens is 2. The molecule has 1 aliphatic rings. The Bertz CT molecular complexity index is 764. The van der Waals surface area contributed by atoms with Crippen molar-refractivity contribution in [2.24, 2.45) is 0 Å². The lowest BCUT2D eigenvalue weighted by Crippen LogP contribution is -2.47. The van der Waals surface area contributed by atoms with E-state index in [1.165, 1.54) is 0 Å². The van der Waals surface area contributed by atoms with Gasteiger partial charge in [0.15, 0.2) is 17.3 Å². The van der Waals surface area contributed by atoms with Gasteiger partial charge in [-0.2, -0.15) is 0 Å². The number of pyridine rings is 1. The molecule has 0 fully saturated rings. The second-order valence-electron chi connectivity index (χ2n) is 4.68. The smallest absolute Gasteiger partial charge is 0.273 e. The Morgan fingerprint density at radius 2 is 2.09 bits per heavy atom. The molecule has 1 amide bonds. The van der Waals surface area contributed by atoms with E-state index in [1.54, 1.807) is 24.3 Å². The number of para-hydroxylation sites is 1. The molecule has 0 radical (unpaired) electrons. The minimum absolute atomic E-state index is 0.0651. The van der Waals surface area contributed by atoms with Crippen LogP contribution in [0, 0.1) is 11.6 Å². The van der Waals surface area contributed by atoms with Crippen LogP contribution in [0.1, 0.15) is 20.8 Å². The average molecular weight is 304 g/mol. The summed E-state index contributed by atoms with van der Waals surface area (Å²) < 4.78 is 31.7. The molecule has 0 saturated carbocycles. The van der Waals surface area contributed by atoms with E-state index in [0.29, 0.717) is 17.4 Å². The van der Waals surface area contributed by atoms with E-state index in [1.807, 2.05) is 0 Å².